The fourth-order valence-corrected chi connectivity index (χ4v) is 1.93. The Balaban J connectivity index is 1.85. The Hall–Kier alpha value is -2.76. The molecule has 0 bridgehead atoms. The highest BCUT2D eigenvalue weighted by atomic mass is 19.1. The van der Waals surface area contributed by atoms with Gasteiger partial charge in [-0.2, -0.15) is 4.39 Å². The van der Waals surface area contributed by atoms with Crippen LogP contribution in [0, 0.1) is 5.95 Å². The fraction of sp³-hybridized carbons (Fsp3) is 0.133. The maximum Gasteiger partial charge on any atom is 0.274 e. The average molecular weight is 285 g/mol. The maximum absolute atomic E-state index is 13.0. The summed E-state index contributed by atoms with van der Waals surface area (Å²) < 4.78 is 18.5. The van der Waals surface area contributed by atoms with Gasteiger partial charge in [0.1, 0.15) is 11.2 Å². The molecule has 106 valence electrons. The summed E-state index contributed by atoms with van der Waals surface area (Å²) in [6, 6.07) is 9.20. The van der Waals surface area contributed by atoms with Crippen molar-refractivity contribution in [2.45, 2.75) is 13.3 Å². The molecule has 0 unspecified atom stereocenters. The van der Waals surface area contributed by atoms with E-state index in [4.69, 9.17) is 4.42 Å². The Labute approximate surface area is 119 Å². The number of anilines is 1. The highest BCUT2D eigenvalue weighted by Crippen LogP contribution is 2.20. The van der Waals surface area contributed by atoms with E-state index in [2.05, 4.69) is 15.3 Å². The molecule has 0 spiro atoms. The number of oxazole rings is 1. The lowest BCUT2D eigenvalue weighted by Crippen LogP contribution is -2.14. The first kappa shape index (κ1) is 13.2. The number of rotatable bonds is 3. The fourth-order valence-electron chi connectivity index (χ4n) is 1.93. The number of carbonyl (C=O) groups is 1. The van der Waals surface area contributed by atoms with Crippen LogP contribution in [0.3, 0.4) is 0 Å². The number of hydrogen-bond acceptors (Lipinski definition) is 4. The van der Waals surface area contributed by atoms with Crippen molar-refractivity contribution in [2.75, 3.05) is 5.32 Å². The van der Waals surface area contributed by atoms with Crippen molar-refractivity contribution in [1.82, 2.24) is 9.97 Å². The van der Waals surface area contributed by atoms with Gasteiger partial charge in [0.25, 0.3) is 5.91 Å². The number of hydrogen-bond donors (Lipinski definition) is 1. The lowest BCUT2D eigenvalue weighted by atomic mass is 10.2. The molecule has 21 heavy (non-hydrogen) atoms. The topological polar surface area (TPSA) is 68.0 Å². The molecule has 1 N–H and O–H groups in total. The largest absolute Gasteiger partial charge is 0.441 e. The van der Waals surface area contributed by atoms with Gasteiger partial charge in [-0.25, -0.2) is 9.97 Å². The predicted octanol–water partition coefficient (Wildman–Crippen LogP) is 3.18. The molecule has 2 heterocycles. The van der Waals surface area contributed by atoms with Crippen molar-refractivity contribution in [3.05, 3.63) is 53.9 Å². The summed E-state index contributed by atoms with van der Waals surface area (Å²) in [5, 5.41) is 2.66. The van der Waals surface area contributed by atoms with Crippen molar-refractivity contribution in [3.8, 4) is 0 Å². The number of fused-ring (bicyclic) bond motifs is 1. The van der Waals surface area contributed by atoms with Crippen molar-refractivity contribution in [2.24, 2.45) is 0 Å². The quantitative estimate of drug-likeness (QED) is 0.750. The number of pyridine rings is 1. The predicted molar refractivity (Wildman–Crippen MR) is 75.5 cm³/mol. The molecule has 1 aromatic carbocycles. The van der Waals surface area contributed by atoms with E-state index in [0.717, 1.165) is 0 Å². The van der Waals surface area contributed by atoms with Crippen LogP contribution in [0.5, 0.6) is 0 Å². The molecular formula is C15H12FN3O2. The molecule has 1 amide bonds. The molecule has 0 saturated carbocycles. The Morgan fingerprint density at radius 1 is 1.29 bits per heavy atom. The van der Waals surface area contributed by atoms with Gasteiger partial charge in [0, 0.05) is 12.1 Å². The summed E-state index contributed by atoms with van der Waals surface area (Å²) in [4.78, 5) is 19.8. The number of amides is 1. The summed E-state index contributed by atoms with van der Waals surface area (Å²) in [6.07, 6.45) is 0.698. The summed E-state index contributed by atoms with van der Waals surface area (Å²) in [7, 11) is 0. The van der Waals surface area contributed by atoms with Crippen molar-refractivity contribution in [1.29, 1.82) is 0 Å². The summed E-state index contributed by atoms with van der Waals surface area (Å²) >= 11 is 0. The van der Waals surface area contributed by atoms with Crippen molar-refractivity contribution in [3.63, 3.8) is 0 Å². The minimum absolute atomic E-state index is 0.0181. The zero-order chi connectivity index (χ0) is 14.8. The van der Waals surface area contributed by atoms with Crippen LogP contribution >= 0.6 is 0 Å². The zero-order valence-electron chi connectivity index (χ0n) is 11.3. The second-order valence-corrected chi connectivity index (χ2v) is 4.44. The van der Waals surface area contributed by atoms with Gasteiger partial charge in [0.05, 0.1) is 0 Å². The SMILES string of the molecule is CCc1nc2cc(NC(=O)c3cccc(F)n3)ccc2o1. The van der Waals surface area contributed by atoms with Gasteiger partial charge < -0.3 is 9.73 Å². The lowest BCUT2D eigenvalue weighted by molar-refractivity contribution is 0.102. The van der Waals surface area contributed by atoms with E-state index in [0.29, 0.717) is 29.1 Å². The van der Waals surface area contributed by atoms with Gasteiger partial charge in [-0.1, -0.05) is 13.0 Å². The highest BCUT2D eigenvalue weighted by Gasteiger charge is 2.10. The normalized spacial score (nSPS) is 10.8. The molecule has 0 aliphatic heterocycles. The smallest absolute Gasteiger partial charge is 0.274 e. The van der Waals surface area contributed by atoms with E-state index in [1.165, 1.54) is 18.2 Å². The Morgan fingerprint density at radius 3 is 2.90 bits per heavy atom. The van der Waals surface area contributed by atoms with Crippen LogP contribution in [-0.4, -0.2) is 15.9 Å². The molecule has 0 aliphatic rings. The van der Waals surface area contributed by atoms with Gasteiger partial charge in [-0.15, -0.1) is 0 Å². The van der Waals surface area contributed by atoms with Crippen molar-refractivity contribution >= 4 is 22.7 Å². The molecule has 0 radical (unpaired) electrons. The molecule has 0 fully saturated rings. The number of carbonyl (C=O) groups excluding carboxylic acids is 1. The third-order valence-corrected chi connectivity index (χ3v) is 2.94. The van der Waals surface area contributed by atoms with Crippen LogP contribution in [-0.2, 0) is 6.42 Å². The Kier molecular flexibility index (Phi) is 3.35. The average Bonchev–Trinajstić information content (AvgIpc) is 2.89. The van der Waals surface area contributed by atoms with E-state index >= 15 is 0 Å². The van der Waals surface area contributed by atoms with Gasteiger partial charge >= 0.3 is 0 Å². The number of benzene rings is 1. The van der Waals surface area contributed by atoms with E-state index in [1.807, 2.05) is 6.92 Å². The van der Waals surface area contributed by atoms with E-state index in [9.17, 15) is 9.18 Å². The van der Waals surface area contributed by atoms with E-state index in [-0.39, 0.29) is 5.69 Å². The number of aryl methyl sites for hydroxylation is 1. The summed E-state index contributed by atoms with van der Waals surface area (Å²) in [5.74, 6) is -0.532. The number of halogens is 1. The molecule has 3 rings (SSSR count). The summed E-state index contributed by atoms with van der Waals surface area (Å²) in [6.45, 7) is 1.95. The standard InChI is InChI=1S/C15H12FN3O2/c1-2-14-19-11-8-9(6-7-12(11)21-14)17-15(20)10-4-3-5-13(16)18-10/h3-8H,2H2,1H3,(H,17,20). The van der Waals surface area contributed by atoms with Gasteiger partial charge in [0.2, 0.25) is 5.95 Å². The van der Waals surface area contributed by atoms with Crippen LogP contribution in [0.2, 0.25) is 0 Å². The number of aromatic nitrogens is 2. The van der Waals surface area contributed by atoms with Crippen LogP contribution in [0.1, 0.15) is 23.3 Å². The van der Waals surface area contributed by atoms with E-state index < -0.39 is 11.9 Å². The Bertz CT molecular complexity index is 814. The van der Waals surface area contributed by atoms with Crippen LogP contribution < -0.4 is 5.32 Å². The number of nitrogens with one attached hydrogen (secondary N) is 1. The molecule has 0 saturated heterocycles. The molecule has 0 atom stereocenters. The zero-order valence-corrected chi connectivity index (χ0v) is 11.3. The van der Waals surface area contributed by atoms with Gasteiger partial charge in [-0.3, -0.25) is 4.79 Å². The first-order valence-corrected chi connectivity index (χ1v) is 6.49. The third-order valence-electron chi connectivity index (χ3n) is 2.94. The minimum atomic E-state index is -0.692. The van der Waals surface area contributed by atoms with Crippen molar-refractivity contribution < 1.29 is 13.6 Å². The second kappa shape index (κ2) is 5.32. The van der Waals surface area contributed by atoms with Crippen LogP contribution in [0.15, 0.2) is 40.8 Å². The molecule has 0 aliphatic carbocycles. The molecule has 6 heteroatoms. The lowest BCUT2D eigenvalue weighted by Gasteiger charge is -2.04. The maximum atomic E-state index is 13.0. The van der Waals surface area contributed by atoms with Crippen LogP contribution in [0.4, 0.5) is 10.1 Å². The van der Waals surface area contributed by atoms with Gasteiger partial charge in [0.15, 0.2) is 11.5 Å². The van der Waals surface area contributed by atoms with Crippen LogP contribution in [0.25, 0.3) is 11.1 Å². The summed E-state index contributed by atoms with van der Waals surface area (Å²) in [5.41, 5.74) is 1.89. The highest BCUT2D eigenvalue weighted by molar-refractivity contribution is 6.03. The minimum Gasteiger partial charge on any atom is -0.441 e. The third kappa shape index (κ3) is 2.74. The first-order valence-electron chi connectivity index (χ1n) is 6.49. The Morgan fingerprint density at radius 2 is 2.14 bits per heavy atom. The number of nitrogens with zero attached hydrogens (tertiary/aromatic N) is 2. The molecule has 3 aromatic rings. The second-order valence-electron chi connectivity index (χ2n) is 4.44. The molecule has 5 nitrogen and oxygen atoms in total. The monoisotopic (exact) mass is 285 g/mol. The van der Waals surface area contributed by atoms with E-state index in [1.54, 1.807) is 18.2 Å². The molecule has 2 aromatic heterocycles. The van der Waals surface area contributed by atoms with Gasteiger partial charge in [-0.05, 0) is 30.3 Å². The molecular weight excluding hydrogens is 273 g/mol. The first-order chi connectivity index (χ1) is 10.2.